The molecule has 0 unspecified atom stereocenters. The lowest BCUT2D eigenvalue weighted by Crippen LogP contribution is -2.25. The van der Waals surface area contributed by atoms with Crippen LogP contribution in [0.4, 0.5) is 8.78 Å². The Labute approximate surface area is 178 Å². The summed E-state index contributed by atoms with van der Waals surface area (Å²) in [4.78, 5) is 24.8. The zero-order valence-electron chi connectivity index (χ0n) is 16.0. The number of ether oxygens (including phenoxy) is 1. The van der Waals surface area contributed by atoms with Gasteiger partial charge in [0, 0.05) is 17.9 Å². The minimum atomic E-state index is -3.61. The molecule has 0 aliphatic rings. The summed E-state index contributed by atoms with van der Waals surface area (Å²) < 4.78 is 56.6. The molecule has 0 amide bonds. The van der Waals surface area contributed by atoms with E-state index in [9.17, 15) is 22.0 Å². The van der Waals surface area contributed by atoms with Gasteiger partial charge in [-0.25, -0.2) is 27.2 Å². The molecule has 3 aromatic rings. The van der Waals surface area contributed by atoms with Crippen molar-refractivity contribution in [2.75, 3.05) is 6.26 Å². The zero-order valence-corrected chi connectivity index (χ0v) is 18.4. The fourth-order valence-electron chi connectivity index (χ4n) is 2.58. The summed E-state index contributed by atoms with van der Waals surface area (Å²) in [7, 11) is -3.61. The Kier molecular flexibility index (Phi) is 5.99. The minimum Gasteiger partial charge on any atom is -0.472 e. The highest BCUT2D eigenvalue weighted by Gasteiger charge is 2.19. The van der Waals surface area contributed by atoms with Crippen LogP contribution in [-0.4, -0.2) is 34.2 Å². The molecule has 0 saturated heterocycles. The van der Waals surface area contributed by atoms with Gasteiger partial charge < -0.3 is 4.74 Å². The molecule has 0 aliphatic carbocycles. The van der Waals surface area contributed by atoms with Crippen molar-refractivity contribution in [2.24, 2.45) is 0 Å². The van der Waals surface area contributed by atoms with Gasteiger partial charge in [-0.1, -0.05) is 0 Å². The third kappa shape index (κ3) is 4.38. The number of nitrogens with zero attached hydrogens (tertiary/aromatic N) is 4. The van der Waals surface area contributed by atoms with Crippen LogP contribution in [0.5, 0.6) is 5.88 Å². The molecule has 0 N–H and O–H groups in total. The number of aromatic nitrogens is 4. The Balaban J connectivity index is 1.98. The molecule has 0 radical (unpaired) electrons. The van der Waals surface area contributed by atoms with Crippen LogP contribution in [0.25, 0.3) is 5.69 Å². The molecule has 0 atom stereocenters. The Morgan fingerprint density at radius 1 is 1.20 bits per heavy atom. The van der Waals surface area contributed by atoms with Gasteiger partial charge in [0.1, 0.15) is 28.5 Å². The first-order valence-corrected chi connectivity index (χ1v) is 11.1. The number of hydrogen-bond donors (Lipinski definition) is 0. The maximum absolute atomic E-state index is 13.8. The van der Waals surface area contributed by atoms with E-state index in [1.807, 2.05) is 0 Å². The molecular formula is C18H15BrF2N4O4S. The predicted molar refractivity (Wildman–Crippen MR) is 106 cm³/mol. The predicted octanol–water partition coefficient (Wildman–Crippen LogP) is 2.66. The molecule has 0 fully saturated rings. The van der Waals surface area contributed by atoms with Crippen molar-refractivity contribution >= 4 is 25.8 Å². The average molecular weight is 501 g/mol. The summed E-state index contributed by atoms with van der Waals surface area (Å²) in [5, 5.41) is -0.359. The molecule has 158 valence electrons. The van der Waals surface area contributed by atoms with Crippen molar-refractivity contribution in [2.45, 2.75) is 25.6 Å². The van der Waals surface area contributed by atoms with Crippen LogP contribution in [0.3, 0.4) is 0 Å². The van der Waals surface area contributed by atoms with Gasteiger partial charge in [0.15, 0.2) is 0 Å². The first-order chi connectivity index (χ1) is 14.0. The van der Waals surface area contributed by atoms with E-state index >= 15 is 0 Å². The van der Waals surface area contributed by atoms with Crippen LogP contribution in [0.2, 0.25) is 0 Å². The molecule has 1 aromatic carbocycles. The summed E-state index contributed by atoms with van der Waals surface area (Å²) in [6.07, 6.45) is 2.20. The van der Waals surface area contributed by atoms with Crippen molar-refractivity contribution in [1.82, 2.24) is 19.5 Å². The van der Waals surface area contributed by atoms with E-state index in [4.69, 9.17) is 4.74 Å². The smallest absolute Gasteiger partial charge is 0.276 e. The van der Waals surface area contributed by atoms with Crippen LogP contribution < -0.4 is 10.3 Å². The summed E-state index contributed by atoms with van der Waals surface area (Å²) >= 11 is 3.13. The average Bonchev–Trinajstić information content (AvgIpc) is 2.65. The molecule has 0 bridgehead atoms. The minimum absolute atomic E-state index is 0.0396. The van der Waals surface area contributed by atoms with Gasteiger partial charge in [-0.2, -0.15) is 4.98 Å². The van der Waals surface area contributed by atoms with Crippen LogP contribution >= 0.6 is 15.9 Å². The number of benzene rings is 1. The van der Waals surface area contributed by atoms with Crippen molar-refractivity contribution in [3.8, 4) is 11.6 Å². The fourth-order valence-corrected chi connectivity index (χ4v) is 3.51. The number of hydrogen-bond acceptors (Lipinski definition) is 7. The van der Waals surface area contributed by atoms with Crippen LogP contribution in [0, 0.1) is 25.5 Å². The van der Waals surface area contributed by atoms with Gasteiger partial charge in [-0.05, 0) is 41.9 Å². The van der Waals surface area contributed by atoms with Crippen LogP contribution in [0.1, 0.15) is 17.1 Å². The number of halogens is 3. The molecule has 12 heteroatoms. The van der Waals surface area contributed by atoms with Crippen molar-refractivity contribution < 1.29 is 21.9 Å². The molecule has 2 heterocycles. The van der Waals surface area contributed by atoms with E-state index in [0.29, 0.717) is 0 Å². The fraction of sp³-hybridized carbons (Fsp3) is 0.222. The zero-order chi connectivity index (χ0) is 22.2. The van der Waals surface area contributed by atoms with Crippen LogP contribution in [-0.2, 0) is 16.4 Å². The quantitative estimate of drug-likeness (QED) is 0.496. The largest absolute Gasteiger partial charge is 0.472 e. The Hall–Kier alpha value is -2.73. The number of aryl methyl sites for hydroxylation is 2. The van der Waals surface area contributed by atoms with E-state index in [1.165, 1.54) is 30.7 Å². The second-order valence-corrected chi connectivity index (χ2v) is 9.04. The lowest BCUT2D eigenvalue weighted by molar-refractivity contribution is 0.283. The number of rotatable bonds is 5. The summed E-state index contributed by atoms with van der Waals surface area (Å²) in [6, 6.07) is 3.06. The molecule has 3 rings (SSSR count). The Bertz CT molecular complexity index is 1310. The lowest BCUT2D eigenvalue weighted by Gasteiger charge is -2.15. The first-order valence-electron chi connectivity index (χ1n) is 8.39. The summed E-state index contributed by atoms with van der Waals surface area (Å²) in [5.41, 5.74) is 0.0315. The Morgan fingerprint density at radius 2 is 1.90 bits per heavy atom. The maximum Gasteiger partial charge on any atom is 0.276 e. The van der Waals surface area contributed by atoms with E-state index < -0.39 is 27.0 Å². The SMILES string of the molecule is Cc1nc(S(C)(=O)=O)ncc1-n1c(C)nc(OCc2ccc(F)cc2F)c(Br)c1=O. The van der Waals surface area contributed by atoms with Gasteiger partial charge in [-0.3, -0.25) is 9.36 Å². The Morgan fingerprint density at radius 3 is 2.50 bits per heavy atom. The molecule has 2 aromatic heterocycles. The highest BCUT2D eigenvalue weighted by atomic mass is 79.9. The monoisotopic (exact) mass is 500 g/mol. The molecule has 30 heavy (non-hydrogen) atoms. The van der Waals surface area contributed by atoms with Gasteiger partial charge in [0.25, 0.3) is 5.56 Å². The first kappa shape index (κ1) is 22.0. The number of sulfone groups is 1. The van der Waals surface area contributed by atoms with Gasteiger partial charge in [0.2, 0.25) is 20.9 Å². The highest BCUT2D eigenvalue weighted by Crippen LogP contribution is 2.23. The normalized spacial score (nSPS) is 11.5. The summed E-state index contributed by atoms with van der Waals surface area (Å²) in [5.74, 6) is -1.37. The van der Waals surface area contributed by atoms with Gasteiger partial charge >= 0.3 is 0 Å². The third-order valence-electron chi connectivity index (χ3n) is 4.05. The second-order valence-electron chi connectivity index (χ2n) is 6.34. The topological polar surface area (TPSA) is 104 Å². The standard InChI is InChI=1S/C18H15BrF2N4O4S/c1-9-14(7-22-18(23-9)30(3,27)28)25-10(2)24-16(15(19)17(25)26)29-8-11-4-5-12(20)6-13(11)21/h4-7H,8H2,1-3H3. The lowest BCUT2D eigenvalue weighted by atomic mass is 10.2. The van der Waals surface area contributed by atoms with E-state index in [0.717, 1.165) is 18.4 Å². The third-order valence-corrected chi connectivity index (χ3v) is 5.59. The van der Waals surface area contributed by atoms with Crippen molar-refractivity contribution in [3.05, 3.63) is 67.9 Å². The van der Waals surface area contributed by atoms with Crippen molar-refractivity contribution in [1.29, 1.82) is 0 Å². The molecule has 0 aliphatic heterocycles. The molecular weight excluding hydrogens is 486 g/mol. The van der Waals surface area contributed by atoms with Gasteiger partial charge in [0.05, 0.1) is 17.6 Å². The van der Waals surface area contributed by atoms with E-state index in [2.05, 4.69) is 30.9 Å². The second kappa shape index (κ2) is 8.19. The highest BCUT2D eigenvalue weighted by molar-refractivity contribution is 9.10. The molecule has 8 nitrogen and oxygen atoms in total. The van der Waals surface area contributed by atoms with E-state index in [-0.39, 0.29) is 44.9 Å². The van der Waals surface area contributed by atoms with Crippen LogP contribution in [0.15, 0.2) is 38.8 Å². The van der Waals surface area contributed by atoms with E-state index in [1.54, 1.807) is 0 Å². The van der Waals surface area contributed by atoms with Crippen molar-refractivity contribution in [3.63, 3.8) is 0 Å². The molecule has 0 spiro atoms. The van der Waals surface area contributed by atoms with Gasteiger partial charge in [-0.15, -0.1) is 0 Å². The molecule has 0 saturated carbocycles. The maximum atomic E-state index is 13.8. The summed E-state index contributed by atoms with van der Waals surface area (Å²) in [6.45, 7) is 2.79.